The van der Waals surface area contributed by atoms with Crippen molar-refractivity contribution in [2.75, 3.05) is 20.7 Å². The second-order valence-electron chi connectivity index (χ2n) is 14.9. The van der Waals surface area contributed by atoms with Crippen LogP contribution in [0.15, 0.2) is 60.3 Å². The van der Waals surface area contributed by atoms with Gasteiger partial charge in [0.15, 0.2) is 12.1 Å². The van der Waals surface area contributed by atoms with Crippen LogP contribution in [0.2, 0.25) is 0 Å². The number of likely N-dealkylation sites (N-methyl/N-ethyl adjacent to an activating group) is 1. The van der Waals surface area contributed by atoms with E-state index >= 15 is 0 Å². The van der Waals surface area contributed by atoms with Gasteiger partial charge in [-0.25, -0.2) is 4.79 Å². The number of rotatable bonds is 9. The molecule has 54 heavy (non-hydrogen) atoms. The highest BCUT2D eigenvalue weighted by molar-refractivity contribution is 6.03. The van der Waals surface area contributed by atoms with Gasteiger partial charge in [-0.05, 0) is 64.9 Å². The fourth-order valence-electron chi connectivity index (χ4n) is 7.44. The normalized spacial score (nSPS) is 34.8. The number of allylic oxidation sites excluding steroid dienone is 3. The number of para-hydroxylation sites is 1. The van der Waals surface area contributed by atoms with Crippen LogP contribution in [0.1, 0.15) is 70.7 Å². The number of cyclic esters (lactones) is 1. The fraction of sp³-hybridized carbons (Fsp3) is 0.585. The highest BCUT2D eigenvalue weighted by Crippen LogP contribution is 2.34. The smallest absolute Gasteiger partial charge is 0.338 e. The number of nitrogens with zero attached hydrogens (tertiary/aromatic N) is 2. The number of carbonyl (C=O) groups excluding carboxylic acids is 4. The van der Waals surface area contributed by atoms with Crippen LogP contribution in [0.3, 0.4) is 0 Å². The van der Waals surface area contributed by atoms with Gasteiger partial charge in [0.1, 0.15) is 25.1 Å². The Morgan fingerprint density at radius 3 is 2.46 bits per heavy atom. The molecule has 0 spiro atoms. The third-order valence-electron chi connectivity index (χ3n) is 10.6. The lowest BCUT2D eigenvalue weighted by molar-refractivity contribution is -0.304. The van der Waals surface area contributed by atoms with Gasteiger partial charge >= 0.3 is 11.9 Å². The zero-order chi connectivity index (χ0) is 39.7. The van der Waals surface area contributed by atoms with E-state index in [0.717, 1.165) is 6.29 Å². The van der Waals surface area contributed by atoms with Crippen molar-refractivity contribution >= 4 is 34.9 Å². The summed E-state index contributed by atoms with van der Waals surface area (Å²) < 4.78 is 24.1. The Balaban J connectivity index is 1.64. The van der Waals surface area contributed by atoms with Crippen LogP contribution in [0.25, 0.3) is 10.9 Å². The number of pyridine rings is 1. The maximum Gasteiger partial charge on any atom is 0.338 e. The van der Waals surface area contributed by atoms with Gasteiger partial charge in [-0.3, -0.25) is 14.6 Å². The SMILES string of the molecule is CC[C@H]1OC(=O)C[C@@H](O)[C@H](C)[C@@H](O[C@@H]2O[C@H](C)[C@@H](O)[C@H](N(C)C)[C@H]2O)[C@@H](CC=O)C[C@@H](C)C(=O)/C=C/C(C)=C/[C@@H]1COC(=O)c1ccnc2ccccc12. The number of ketones is 1. The van der Waals surface area contributed by atoms with Crippen LogP contribution in [0.5, 0.6) is 0 Å². The van der Waals surface area contributed by atoms with Crippen LogP contribution in [0, 0.1) is 23.7 Å². The average molecular weight is 753 g/mol. The molecule has 13 nitrogen and oxygen atoms in total. The van der Waals surface area contributed by atoms with Gasteiger partial charge in [-0.1, -0.05) is 56.7 Å². The van der Waals surface area contributed by atoms with Gasteiger partial charge in [0.25, 0.3) is 0 Å². The third-order valence-corrected chi connectivity index (χ3v) is 10.6. The van der Waals surface area contributed by atoms with Gasteiger partial charge in [0.05, 0.1) is 48.0 Å². The van der Waals surface area contributed by atoms with Crippen LogP contribution in [-0.4, -0.2) is 119 Å². The molecule has 0 bridgehead atoms. The van der Waals surface area contributed by atoms with Crippen LogP contribution >= 0.6 is 0 Å². The summed E-state index contributed by atoms with van der Waals surface area (Å²) in [5.41, 5.74) is 1.65. The lowest BCUT2D eigenvalue weighted by Gasteiger charge is -2.46. The van der Waals surface area contributed by atoms with E-state index in [0.29, 0.717) is 28.5 Å². The summed E-state index contributed by atoms with van der Waals surface area (Å²) in [7, 11) is 3.43. The number of hydrogen-bond acceptors (Lipinski definition) is 13. The van der Waals surface area contributed by atoms with E-state index in [1.54, 1.807) is 83.1 Å². The fourth-order valence-corrected chi connectivity index (χ4v) is 7.44. The van der Waals surface area contributed by atoms with Crippen LogP contribution in [-0.2, 0) is 33.3 Å². The molecule has 0 aliphatic carbocycles. The molecule has 1 aromatic heterocycles. The third kappa shape index (κ3) is 10.7. The number of aldehydes is 1. The summed E-state index contributed by atoms with van der Waals surface area (Å²) in [5.74, 6) is -4.07. The monoisotopic (exact) mass is 752 g/mol. The van der Waals surface area contributed by atoms with Gasteiger partial charge in [0, 0.05) is 35.8 Å². The molecule has 1 fully saturated rings. The number of fused-ring (bicyclic) bond motifs is 1. The zero-order valence-corrected chi connectivity index (χ0v) is 32.2. The van der Waals surface area contributed by atoms with Crippen molar-refractivity contribution in [2.45, 2.75) is 109 Å². The van der Waals surface area contributed by atoms with Crippen molar-refractivity contribution in [3.8, 4) is 0 Å². The maximum atomic E-state index is 13.5. The van der Waals surface area contributed by atoms with Gasteiger partial charge in [-0.2, -0.15) is 0 Å². The molecule has 2 aliphatic heterocycles. The van der Waals surface area contributed by atoms with Crippen molar-refractivity contribution < 1.29 is 53.4 Å². The lowest BCUT2D eigenvalue weighted by atomic mass is 9.79. The number of benzene rings is 1. The number of aromatic nitrogens is 1. The molecular formula is C41H56N2O11. The average Bonchev–Trinajstić information content (AvgIpc) is 3.14. The van der Waals surface area contributed by atoms with E-state index < -0.39 is 91.0 Å². The summed E-state index contributed by atoms with van der Waals surface area (Å²) in [5, 5.41) is 34.2. The Kier molecular flexibility index (Phi) is 15.6. The Morgan fingerprint density at radius 1 is 1.06 bits per heavy atom. The van der Waals surface area contributed by atoms with E-state index in [1.807, 2.05) is 13.0 Å². The molecule has 0 amide bonds. The number of aliphatic hydroxyl groups is 3. The van der Waals surface area contributed by atoms with E-state index in [4.69, 9.17) is 18.9 Å². The number of hydrogen-bond donors (Lipinski definition) is 3. The first-order chi connectivity index (χ1) is 25.7. The van der Waals surface area contributed by atoms with E-state index in [2.05, 4.69) is 4.98 Å². The summed E-state index contributed by atoms with van der Waals surface area (Å²) in [4.78, 5) is 58.3. The van der Waals surface area contributed by atoms with Gasteiger partial charge in [-0.15, -0.1) is 0 Å². The first kappa shape index (κ1) is 42.9. The molecule has 1 saturated heterocycles. The number of ether oxygens (including phenoxy) is 4. The van der Waals surface area contributed by atoms with Gasteiger partial charge < -0.3 is 44.0 Å². The molecule has 1 aromatic carbocycles. The molecule has 2 aromatic rings. The molecular weight excluding hydrogens is 696 g/mol. The molecule has 3 heterocycles. The molecule has 0 radical (unpaired) electrons. The summed E-state index contributed by atoms with van der Waals surface area (Å²) >= 11 is 0. The number of carbonyl (C=O) groups is 4. The Hall–Kier alpha value is -3.85. The minimum absolute atomic E-state index is 0.0296. The van der Waals surface area contributed by atoms with Crippen molar-refractivity contribution in [3.05, 3.63) is 65.9 Å². The first-order valence-electron chi connectivity index (χ1n) is 18.7. The largest absolute Gasteiger partial charge is 0.462 e. The van der Waals surface area contributed by atoms with Crippen molar-refractivity contribution in [1.82, 2.24) is 9.88 Å². The Morgan fingerprint density at radius 2 is 1.78 bits per heavy atom. The van der Waals surface area contributed by atoms with Crippen molar-refractivity contribution in [3.63, 3.8) is 0 Å². The maximum absolute atomic E-state index is 13.5. The lowest BCUT2D eigenvalue weighted by Crippen LogP contribution is -2.63. The quantitative estimate of drug-likeness (QED) is 0.249. The molecule has 2 aliphatic rings. The topological polar surface area (TPSA) is 182 Å². The second-order valence-corrected chi connectivity index (χ2v) is 14.9. The zero-order valence-electron chi connectivity index (χ0n) is 32.2. The molecule has 3 N–H and O–H groups in total. The van der Waals surface area contributed by atoms with Crippen LogP contribution < -0.4 is 0 Å². The second kappa shape index (κ2) is 19.7. The van der Waals surface area contributed by atoms with E-state index in [1.165, 1.54) is 12.3 Å². The molecule has 13 heteroatoms. The van der Waals surface area contributed by atoms with E-state index in [-0.39, 0.29) is 25.2 Å². The highest BCUT2D eigenvalue weighted by atomic mass is 16.7. The molecule has 4 rings (SSSR count). The Bertz CT molecular complexity index is 1660. The molecule has 0 saturated carbocycles. The summed E-state index contributed by atoms with van der Waals surface area (Å²) in [6, 6.07) is 8.06. The number of esters is 2. The minimum atomic E-state index is -1.32. The first-order valence-corrected chi connectivity index (χ1v) is 18.7. The molecule has 0 unspecified atom stereocenters. The summed E-state index contributed by atoms with van der Waals surface area (Å²) in [6.45, 7) is 8.55. The minimum Gasteiger partial charge on any atom is -0.462 e. The van der Waals surface area contributed by atoms with Gasteiger partial charge in [0.2, 0.25) is 0 Å². The highest BCUT2D eigenvalue weighted by Gasteiger charge is 2.47. The molecule has 296 valence electrons. The Labute approximate surface area is 317 Å². The predicted molar refractivity (Wildman–Crippen MR) is 200 cm³/mol. The summed E-state index contributed by atoms with van der Waals surface area (Å²) in [6.07, 6.45) is -0.109. The molecule has 12 atom stereocenters. The predicted octanol–water partition coefficient (Wildman–Crippen LogP) is 3.82. The van der Waals surface area contributed by atoms with Crippen LogP contribution in [0.4, 0.5) is 0 Å². The standard InChI is InChI=1S/C41H56N2O11/c1-8-34-28(22-51-40(50)30-15-17-42-31-12-10-9-11-29(30)31)19-23(2)13-14-32(45)24(3)20-27(16-18-44)39(25(4)33(46)21-35(47)53-34)54-41-38(49)36(43(6)7)37(48)26(5)52-41/h9-15,17-19,24-28,33-34,36-39,41,46,48-49H,8,16,20-22H2,1-7H3/b14-13+,23-19+/t24-,25+,26-,27+,28-,33-,34-,36+,37-,38-,39-,41+/m1/s1. The van der Waals surface area contributed by atoms with Crippen molar-refractivity contribution in [2.24, 2.45) is 23.7 Å². The van der Waals surface area contributed by atoms with E-state index in [9.17, 15) is 34.5 Å². The number of aliphatic hydroxyl groups excluding tert-OH is 3. The van der Waals surface area contributed by atoms with Crippen molar-refractivity contribution in [1.29, 1.82) is 0 Å².